The van der Waals surface area contributed by atoms with Crippen LogP contribution in [-0.2, 0) is 19.1 Å². The smallest absolute Gasteiger partial charge is 0.323 e. The Morgan fingerprint density at radius 1 is 1.26 bits per heavy atom. The summed E-state index contributed by atoms with van der Waals surface area (Å²) in [5.41, 5.74) is 0.611. The Hall–Kier alpha value is -1.58. The normalized spacial score (nSPS) is 17.3. The summed E-state index contributed by atoms with van der Waals surface area (Å²) in [5.74, 6) is -0.972. The zero-order valence-corrected chi connectivity index (χ0v) is 12.0. The molecular weight excluding hydrogens is 244 g/mol. The van der Waals surface area contributed by atoms with Crippen molar-refractivity contribution in [3.8, 4) is 0 Å². The number of carbonyl (C=O) groups is 2. The van der Waals surface area contributed by atoms with E-state index in [2.05, 4.69) is 6.58 Å². The van der Waals surface area contributed by atoms with E-state index in [1.165, 1.54) is 0 Å². The number of ether oxygens (including phenoxy) is 2. The maximum Gasteiger partial charge on any atom is 0.323 e. The number of rotatable bonds is 5. The van der Waals surface area contributed by atoms with Gasteiger partial charge >= 0.3 is 11.9 Å². The number of esters is 2. The van der Waals surface area contributed by atoms with Crippen molar-refractivity contribution in [2.45, 2.75) is 40.0 Å². The lowest BCUT2D eigenvalue weighted by atomic mass is 9.72. The van der Waals surface area contributed by atoms with Crippen molar-refractivity contribution < 1.29 is 19.1 Å². The number of allylic oxidation sites excluding steroid dienone is 3. The van der Waals surface area contributed by atoms with Gasteiger partial charge in [0.1, 0.15) is 0 Å². The van der Waals surface area contributed by atoms with Gasteiger partial charge in [0.05, 0.1) is 13.2 Å². The third-order valence-electron chi connectivity index (χ3n) is 3.33. The van der Waals surface area contributed by atoms with E-state index in [1.807, 2.05) is 13.0 Å². The monoisotopic (exact) mass is 266 g/mol. The van der Waals surface area contributed by atoms with Crippen LogP contribution in [0.3, 0.4) is 0 Å². The van der Waals surface area contributed by atoms with Crippen LogP contribution in [0.15, 0.2) is 23.8 Å². The van der Waals surface area contributed by atoms with Gasteiger partial charge in [-0.1, -0.05) is 18.2 Å². The Morgan fingerprint density at radius 3 is 2.21 bits per heavy atom. The summed E-state index contributed by atoms with van der Waals surface area (Å²) in [6, 6.07) is 0. The molecule has 0 saturated carbocycles. The Bertz CT molecular complexity index is 388. The van der Waals surface area contributed by atoms with E-state index in [0.29, 0.717) is 19.3 Å². The van der Waals surface area contributed by atoms with Crippen molar-refractivity contribution in [2.75, 3.05) is 13.2 Å². The van der Waals surface area contributed by atoms with E-state index in [1.54, 1.807) is 13.8 Å². The predicted molar refractivity (Wildman–Crippen MR) is 72.4 cm³/mol. The largest absolute Gasteiger partial charge is 0.465 e. The zero-order chi connectivity index (χ0) is 14.5. The van der Waals surface area contributed by atoms with Crippen LogP contribution in [-0.4, -0.2) is 25.2 Å². The second-order valence-corrected chi connectivity index (χ2v) is 4.75. The zero-order valence-electron chi connectivity index (χ0n) is 12.0. The van der Waals surface area contributed by atoms with E-state index < -0.39 is 17.4 Å². The molecule has 0 aromatic heterocycles. The third-order valence-corrected chi connectivity index (χ3v) is 3.33. The summed E-state index contributed by atoms with van der Waals surface area (Å²) < 4.78 is 10.2. The van der Waals surface area contributed by atoms with Crippen molar-refractivity contribution in [1.29, 1.82) is 0 Å². The second-order valence-electron chi connectivity index (χ2n) is 4.75. The van der Waals surface area contributed by atoms with Crippen LogP contribution < -0.4 is 0 Å². The van der Waals surface area contributed by atoms with E-state index >= 15 is 0 Å². The lowest BCUT2D eigenvalue weighted by Gasteiger charge is -2.32. The fraction of sp³-hybridized carbons (Fsp3) is 0.600. The minimum atomic E-state index is -1.20. The lowest BCUT2D eigenvalue weighted by molar-refractivity contribution is -0.173. The maximum atomic E-state index is 12.2. The molecule has 0 aromatic rings. The second kappa shape index (κ2) is 6.55. The van der Waals surface area contributed by atoms with Gasteiger partial charge in [-0.15, -0.1) is 0 Å². The van der Waals surface area contributed by atoms with Crippen LogP contribution in [0.5, 0.6) is 0 Å². The highest BCUT2D eigenvalue weighted by atomic mass is 16.6. The quantitative estimate of drug-likeness (QED) is 0.567. The maximum absolute atomic E-state index is 12.2. The molecule has 0 spiro atoms. The number of hydrogen-bond acceptors (Lipinski definition) is 4. The number of hydrogen-bond donors (Lipinski definition) is 0. The summed E-state index contributed by atoms with van der Waals surface area (Å²) in [4.78, 5) is 24.4. The van der Waals surface area contributed by atoms with Crippen molar-refractivity contribution >= 4 is 11.9 Å². The third kappa shape index (κ3) is 3.25. The van der Waals surface area contributed by atoms with Gasteiger partial charge in [-0.3, -0.25) is 9.59 Å². The van der Waals surface area contributed by atoms with E-state index in [-0.39, 0.29) is 13.2 Å². The average molecular weight is 266 g/mol. The summed E-state index contributed by atoms with van der Waals surface area (Å²) in [7, 11) is 0. The summed E-state index contributed by atoms with van der Waals surface area (Å²) in [5, 5.41) is 0. The van der Waals surface area contributed by atoms with Crippen molar-refractivity contribution in [3.05, 3.63) is 23.8 Å². The molecule has 19 heavy (non-hydrogen) atoms. The minimum absolute atomic E-state index is 0.256. The van der Waals surface area contributed by atoms with Gasteiger partial charge in [0.2, 0.25) is 0 Å². The molecular formula is C15H22O4. The van der Waals surface area contributed by atoms with Crippen LogP contribution in [0.1, 0.15) is 40.0 Å². The van der Waals surface area contributed by atoms with Crippen molar-refractivity contribution in [3.63, 3.8) is 0 Å². The first-order chi connectivity index (χ1) is 8.97. The summed E-state index contributed by atoms with van der Waals surface area (Å²) >= 11 is 0. The minimum Gasteiger partial charge on any atom is -0.465 e. The molecule has 1 rings (SSSR count). The van der Waals surface area contributed by atoms with Crippen molar-refractivity contribution in [1.82, 2.24) is 0 Å². The molecule has 0 amide bonds. The molecule has 0 radical (unpaired) electrons. The van der Waals surface area contributed by atoms with Gasteiger partial charge in [0, 0.05) is 0 Å². The van der Waals surface area contributed by atoms with Crippen LogP contribution >= 0.6 is 0 Å². The Labute approximate surface area is 114 Å². The van der Waals surface area contributed by atoms with Gasteiger partial charge in [-0.2, -0.15) is 0 Å². The average Bonchev–Trinajstić information content (AvgIpc) is 2.39. The molecule has 4 heteroatoms. The molecule has 106 valence electrons. The van der Waals surface area contributed by atoms with Crippen molar-refractivity contribution in [2.24, 2.45) is 5.41 Å². The summed E-state index contributed by atoms with van der Waals surface area (Å²) in [6.07, 6.45) is 3.43. The van der Waals surface area contributed by atoms with Gasteiger partial charge < -0.3 is 9.47 Å². The molecule has 0 heterocycles. The van der Waals surface area contributed by atoms with E-state index in [4.69, 9.17) is 9.47 Å². The van der Waals surface area contributed by atoms with E-state index in [0.717, 1.165) is 11.1 Å². The van der Waals surface area contributed by atoms with Gasteiger partial charge in [0.25, 0.3) is 0 Å². The molecule has 0 aromatic carbocycles. The van der Waals surface area contributed by atoms with Gasteiger partial charge in [0.15, 0.2) is 5.41 Å². The van der Waals surface area contributed by atoms with Crippen LogP contribution in [0.2, 0.25) is 0 Å². The topological polar surface area (TPSA) is 52.6 Å². The molecule has 0 saturated heterocycles. The van der Waals surface area contributed by atoms with E-state index in [9.17, 15) is 9.59 Å². The Morgan fingerprint density at radius 2 is 1.79 bits per heavy atom. The van der Waals surface area contributed by atoms with Crippen LogP contribution in [0.4, 0.5) is 0 Å². The first-order valence-corrected chi connectivity index (χ1v) is 6.67. The molecule has 0 fully saturated rings. The Balaban J connectivity index is 3.07. The molecule has 0 bridgehead atoms. The first-order valence-electron chi connectivity index (χ1n) is 6.67. The highest BCUT2D eigenvalue weighted by molar-refractivity contribution is 6.00. The highest BCUT2D eigenvalue weighted by Gasteiger charge is 2.50. The van der Waals surface area contributed by atoms with Gasteiger partial charge in [-0.05, 0) is 45.6 Å². The Kier molecular flexibility index (Phi) is 5.33. The molecule has 1 aliphatic rings. The molecule has 0 N–H and O–H groups in total. The predicted octanol–water partition coefficient (Wildman–Crippen LogP) is 2.79. The number of carbonyl (C=O) groups excluding carboxylic acids is 2. The molecule has 4 nitrogen and oxygen atoms in total. The summed E-state index contributed by atoms with van der Waals surface area (Å²) in [6.45, 7) is 9.73. The first kappa shape index (κ1) is 15.5. The SMILES string of the molecule is C=C(C)C1=CCCC(C(=O)OCC)(C(=O)OCC)C1. The fourth-order valence-electron chi connectivity index (χ4n) is 2.27. The molecule has 0 unspecified atom stereocenters. The van der Waals surface area contributed by atoms with Crippen LogP contribution in [0, 0.1) is 5.41 Å². The molecule has 0 aliphatic heterocycles. The van der Waals surface area contributed by atoms with Gasteiger partial charge in [-0.25, -0.2) is 0 Å². The molecule has 0 atom stereocenters. The van der Waals surface area contributed by atoms with Crippen LogP contribution in [0.25, 0.3) is 0 Å². The standard InChI is InChI=1S/C15H22O4/c1-5-18-13(16)15(14(17)19-6-2)9-7-8-12(10-15)11(3)4/h8H,3,5-7,9-10H2,1-2,4H3. The highest BCUT2D eigenvalue weighted by Crippen LogP contribution is 2.40. The lowest BCUT2D eigenvalue weighted by Crippen LogP contribution is -2.43. The molecule has 1 aliphatic carbocycles. The fourth-order valence-corrected chi connectivity index (χ4v) is 2.27.